The van der Waals surface area contributed by atoms with Gasteiger partial charge in [-0.25, -0.2) is 9.37 Å². The fraction of sp³-hybridized carbons (Fsp3) is 0.333. The molecule has 0 atom stereocenters. The molecule has 1 N–H and O–H groups in total. The Kier molecular flexibility index (Phi) is 3.68. The standard InChI is InChI=1S/C9H10F2N2O2/c1-13(4-5-14)9(15)6-2-3-12-8(11)7(6)10/h2-3,14H,4-5H2,1H3. The molecule has 1 rings (SSSR count). The molecule has 0 aromatic carbocycles. The molecule has 0 saturated heterocycles. The number of aliphatic hydroxyl groups excluding tert-OH is 1. The fourth-order valence-electron chi connectivity index (χ4n) is 1.04. The minimum Gasteiger partial charge on any atom is -0.395 e. The first-order chi connectivity index (χ1) is 7.07. The second-order valence-electron chi connectivity index (χ2n) is 2.91. The summed E-state index contributed by atoms with van der Waals surface area (Å²) >= 11 is 0. The molecular weight excluding hydrogens is 206 g/mol. The van der Waals surface area contributed by atoms with Gasteiger partial charge in [0.2, 0.25) is 5.95 Å². The molecule has 0 fully saturated rings. The summed E-state index contributed by atoms with van der Waals surface area (Å²) in [6.45, 7) is -0.181. The largest absolute Gasteiger partial charge is 0.395 e. The van der Waals surface area contributed by atoms with Crippen molar-refractivity contribution in [1.29, 1.82) is 0 Å². The molecule has 0 aliphatic rings. The lowest BCUT2D eigenvalue weighted by atomic mass is 10.2. The van der Waals surface area contributed by atoms with E-state index in [9.17, 15) is 13.6 Å². The zero-order valence-electron chi connectivity index (χ0n) is 8.07. The fourth-order valence-corrected chi connectivity index (χ4v) is 1.04. The maximum Gasteiger partial charge on any atom is 0.256 e. The number of aliphatic hydroxyl groups is 1. The summed E-state index contributed by atoms with van der Waals surface area (Å²) in [6.07, 6.45) is 1.01. The summed E-state index contributed by atoms with van der Waals surface area (Å²) in [5, 5.41) is 8.58. The van der Waals surface area contributed by atoms with Crippen LogP contribution in [0.2, 0.25) is 0 Å². The van der Waals surface area contributed by atoms with E-state index in [0.29, 0.717) is 0 Å². The van der Waals surface area contributed by atoms with Crippen LogP contribution >= 0.6 is 0 Å². The number of rotatable bonds is 3. The Labute approximate surface area is 85.2 Å². The van der Waals surface area contributed by atoms with Crippen molar-refractivity contribution in [2.45, 2.75) is 0 Å². The van der Waals surface area contributed by atoms with Gasteiger partial charge in [-0.15, -0.1) is 0 Å². The summed E-state index contributed by atoms with van der Waals surface area (Å²) in [7, 11) is 1.39. The van der Waals surface area contributed by atoms with Crippen molar-refractivity contribution in [1.82, 2.24) is 9.88 Å². The first-order valence-corrected chi connectivity index (χ1v) is 4.24. The predicted octanol–water partition coefficient (Wildman–Crippen LogP) is 0.424. The SMILES string of the molecule is CN(CCO)C(=O)c1ccnc(F)c1F. The third-order valence-electron chi connectivity index (χ3n) is 1.86. The summed E-state index contributed by atoms with van der Waals surface area (Å²) in [4.78, 5) is 15.6. The Morgan fingerprint density at radius 2 is 2.27 bits per heavy atom. The average Bonchev–Trinajstić information content (AvgIpc) is 2.21. The molecule has 1 heterocycles. The molecular formula is C9H10F2N2O2. The molecule has 1 amide bonds. The Hall–Kier alpha value is -1.56. The first-order valence-electron chi connectivity index (χ1n) is 4.24. The van der Waals surface area contributed by atoms with Crippen molar-refractivity contribution in [2.75, 3.05) is 20.2 Å². The van der Waals surface area contributed by atoms with Gasteiger partial charge in [-0.2, -0.15) is 4.39 Å². The Morgan fingerprint density at radius 1 is 1.60 bits per heavy atom. The van der Waals surface area contributed by atoms with E-state index in [-0.39, 0.29) is 13.2 Å². The molecule has 15 heavy (non-hydrogen) atoms. The highest BCUT2D eigenvalue weighted by Crippen LogP contribution is 2.10. The van der Waals surface area contributed by atoms with Gasteiger partial charge in [-0.1, -0.05) is 0 Å². The maximum absolute atomic E-state index is 13.1. The minimum absolute atomic E-state index is 0.0578. The van der Waals surface area contributed by atoms with Gasteiger partial charge >= 0.3 is 0 Å². The van der Waals surface area contributed by atoms with Gasteiger partial charge in [0.15, 0.2) is 5.82 Å². The zero-order chi connectivity index (χ0) is 11.4. The van der Waals surface area contributed by atoms with Crippen molar-refractivity contribution in [3.63, 3.8) is 0 Å². The van der Waals surface area contributed by atoms with Crippen LogP contribution in [-0.4, -0.2) is 41.1 Å². The number of hydrogen-bond acceptors (Lipinski definition) is 3. The maximum atomic E-state index is 13.1. The Bertz CT molecular complexity index is 371. The normalized spacial score (nSPS) is 10.1. The van der Waals surface area contributed by atoms with Crippen LogP contribution in [0.4, 0.5) is 8.78 Å². The van der Waals surface area contributed by atoms with Crippen molar-refractivity contribution >= 4 is 5.91 Å². The van der Waals surface area contributed by atoms with Gasteiger partial charge < -0.3 is 10.0 Å². The van der Waals surface area contributed by atoms with Gasteiger partial charge in [0.05, 0.1) is 12.2 Å². The smallest absolute Gasteiger partial charge is 0.256 e. The number of carbonyl (C=O) groups excluding carboxylic acids is 1. The summed E-state index contributed by atoms with van der Waals surface area (Å²) < 4.78 is 25.8. The number of amides is 1. The van der Waals surface area contributed by atoms with E-state index in [2.05, 4.69) is 4.98 Å². The molecule has 0 aliphatic carbocycles. The average molecular weight is 216 g/mol. The van der Waals surface area contributed by atoms with E-state index in [4.69, 9.17) is 5.11 Å². The number of halogens is 2. The van der Waals surface area contributed by atoms with Crippen LogP contribution in [0.25, 0.3) is 0 Å². The van der Waals surface area contributed by atoms with Crippen LogP contribution in [0.5, 0.6) is 0 Å². The van der Waals surface area contributed by atoms with Gasteiger partial charge in [0, 0.05) is 19.8 Å². The van der Waals surface area contributed by atoms with Crippen molar-refractivity contribution < 1.29 is 18.7 Å². The molecule has 4 nitrogen and oxygen atoms in total. The summed E-state index contributed by atoms with van der Waals surface area (Å²) in [6, 6.07) is 1.09. The molecule has 0 unspecified atom stereocenters. The molecule has 6 heteroatoms. The number of likely N-dealkylation sites (N-methyl/N-ethyl adjacent to an activating group) is 1. The van der Waals surface area contributed by atoms with E-state index in [1.165, 1.54) is 7.05 Å². The van der Waals surface area contributed by atoms with Crippen molar-refractivity contribution in [2.24, 2.45) is 0 Å². The van der Waals surface area contributed by atoms with E-state index < -0.39 is 23.2 Å². The number of carbonyl (C=O) groups is 1. The van der Waals surface area contributed by atoms with E-state index >= 15 is 0 Å². The predicted molar refractivity (Wildman–Crippen MR) is 48.2 cm³/mol. The lowest BCUT2D eigenvalue weighted by Crippen LogP contribution is -2.30. The van der Waals surface area contributed by atoms with Crippen molar-refractivity contribution in [3.05, 3.63) is 29.6 Å². The molecule has 0 bridgehead atoms. The summed E-state index contributed by atoms with van der Waals surface area (Å²) in [5.41, 5.74) is -0.390. The van der Waals surface area contributed by atoms with Gasteiger partial charge in [-0.3, -0.25) is 4.79 Å². The minimum atomic E-state index is -1.31. The highest BCUT2D eigenvalue weighted by molar-refractivity contribution is 5.94. The molecule has 1 aromatic heterocycles. The lowest BCUT2D eigenvalue weighted by molar-refractivity contribution is 0.0761. The van der Waals surface area contributed by atoms with Crippen LogP contribution in [0.15, 0.2) is 12.3 Å². The number of hydrogen-bond donors (Lipinski definition) is 1. The molecule has 0 saturated carbocycles. The summed E-state index contributed by atoms with van der Waals surface area (Å²) in [5.74, 6) is -3.27. The molecule has 82 valence electrons. The van der Waals surface area contributed by atoms with Crippen LogP contribution in [0.3, 0.4) is 0 Å². The Balaban J connectivity index is 2.96. The zero-order valence-corrected chi connectivity index (χ0v) is 8.07. The van der Waals surface area contributed by atoms with Gasteiger partial charge in [0.25, 0.3) is 5.91 Å². The van der Waals surface area contributed by atoms with Crippen LogP contribution in [0.1, 0.15) is 10.4 Å². The third kappa shape index (κ3) is 2.47. The van der Waals surface area contributed by atoms with Crippen LogP contribution in [-0.2, 0) is 0 Å². The second kappa shape index (κ2) is 4.79. The highest BCUT2D eigenvalue weighted by atomic mass is 19.2. The number of nitrogens with zero attached hydrogens (tertiary/aromatic N) is 2. The van der Waals surface area contributed by atoms with Crippen LogP contribution < -0.4 is 0 Å². The Morgan fingerprint density at radius 3 is 2.87 bits per heavy atom. The molecule has 0 spiro atoms. The van der Waals surface area contributed by atoms with E-state index in [1.54, 1.807) is 0 Å². The van der Waals surface area contributed by atoms with E-state index in [0.717, 1.165) is 17.2 Å². The highest BCUT2D eigenvalue weighted by Gasteiger charge is 2.18. The topological polar surface area (TPSA) is 53.4 Å². The van der Waals surface area contributed by atoms with E-state index in [1.807, 2.05) is 0 Å². The van der Waals surface area contributed by atoms with Gasteiger partial charge in [0.1, 0.15) is 0 Å². The second-order valence-corrected chi connectivity index (χ2v) is 2.91. The third-order valence-corrected chi connectivity index (χ3v) is 1.86. The van der Waals surface area contributed by atoms with Crippen LogP contribution in [0, 0.1) is 11.8 Å². The van der Waals surface area contributed by atoms with Crippen molar-refractivity contribution in [3.8, 4) is 0 Å². The monoisotopic (exact) mass is 216 g/mol. The molecule has 0 aliphatic heterocycles. The van der Waals surface area contributed by atoms with Gasteiger partial charge in [-0.05, 0) is 6.07 Å². The lowest BCUT2D eigenvalue weighted by Gasteiger charge is -2.15. The first kappa shape index (κ1) is 11.5. The number of pyridine rings is 1. The molecule has 1 aromatic rings. The molecule has 0 radical (unpaired) electrons. The quantitative estimate of drug-likeness (QED) is 0.745. The number of aromatic nitrogens is 1.